The van der Waals surface area contributed by atoms with Crippen molar-refractivity contribution in [3.63, 3.8) is 0 Å². The molecule has 2 aromatic rings. The van der Waals surface area contributed by atoms with Crippen LogP contribution in [0.3, 0.4) is 0 Å². The number of nitrogens with zero attached hydrogens (tertiary/aromatic N) is 2. The number of halogens is 2. The Morgan fingerprint density at radius 3 is 2.70 bits per heavy atom. The lowest BCUT2D eigenvalue weighted by Crippen LogP contribution is -2.06. The zero-order chi connectivity index (χ0) is 14.9. The zero-order valence-corrected chi connectivity index (χ0v) is 14.0. The average molecular weight is 359 g/mol. The second-order valence-electron chi connectivity index (χ2n) is 4.74. The molecule has 0 saturated heterocycles. The molecule has 0 bridgehead atoms. The fraction of sp³-hybridized carbons (Fsp3) is 0.357. The van der Waals surface area contributed by atoms with E-state index in [0.29, 0.717) is 17.4 Å². The van der Waals surface area contributed by atoms with Crippen molar-refractivity contribution in [3.05, 3.63) is 44.6 Å². The zero-order valence-electron chi connectivity index (χ0n) is 11.7. The minimum atomic E-state index is -0.0459. The van der Waals surface area contributed by atoms with Gasteiger partial charge in [-0.3, -0.25) is 4.68 Å². The molecule has 0 unspecified atom stereocenters. The van der Waals surface area contributed by atoms with Crippen LogP contribution < -0.4 is 10.5 Å². The van der Waals surface area contributed by atoms with E-state index < -0.39 is 0 Å². The normalized spacial score (nSPS) is 12.5. The summed E-state index contributed by atoms with van der Waals surface area (Å²) in [7, 11) is 1.89. The van der Waals surface area contributed by atoms with Gasteiger partial charge in [0.2, 0.25) is 0 Å². The lowest BCUT2D eigenvalue weighted by atomic mass is 10.1. The largest absolute Gasteiger partial charge is 0.486 e. The Morgan fingerprint density at radius 2 is 2.20 bits per heavy atom. The van der Waals surface area contributed by atoms with Gasteiger partial charge in [-0.2, -0.15) is 5.10 Å². The molecule has 0 saturated carbocycles. The smallest absolute Gasteiger partial charge is 0.138 e. The van der Waals surface area contributed by atoms with E-state index >= 15 is 0 Å². The lowest BCUT2D eigenvalue weighted by Gasteiger charge is -2.11. The van der Waals surface area contributed by atoms with Crippen LogP contribution in [0.1, 0.15) is 29.9 Å². The monoisotopic (exact) mass is 357 g/mol. The molecule has 0 aliphatic rings. The van der Waals surface area contributed by atoms with E-state index in [1.807, 2.05) is 39.1 Å². The number of nitrogens with two attached hydrogens (primary N) is 1. The number of benzene rings is 1. The summed E-state index contributed by atoms with van der Waals surface area (Å²) < 4.78 is 8.53. The molecule has 2 rings (SSSR count). The highest BCUT2D eigenvalue weighted by molar-refractivity contribution is 9.10. The fourth-order valence-electron chi connectivity index (χ4n) is 1.90. The molecule has 1 heterocycles. The number of aryl methyl sites for hydroxylation is 2. The molecule has 0 fully saturated rings. The molecule has 20 heavy (non-hydrogen) atoms. The van der Waals surface area contributed by atoms with Crippen molar-refractivity contribution in [2.45, 2.75) is 26.5 Å². The first kappa shape index (κ1) is 15.4. The van der Waals surface area contributed by atoms with Crippen LogP contribution >= 0.6 is 27.5 Å². The van der Waals surface area contributed by atoms with Crippen LogP contribution in [0.5, 0.6) is 5.75 Å². The number of ether oxygens (including phenoxy) is 1. The van der Waals surface area contributed by atoms with Crippen molar-refractivity contribution in [1.82, 2.24) is 9.78 Å². The Bertz CT molecular complexity index is 625. The van der Waals surface area contributed by atoms with Crippen molar-refractivity contribution in [2.24, 2.45) is 12.8 Å². The van der Waals surface area contributed by atoms with Crippen molar-refractivity contribution >= 4 is 27.5 Å². The molecule has 0 aliphatic heterocycles. The summed E-state index contributed by atoms with van der Waals surface area (Å²) in [5.74, 6) is 0.641. The van der Waals surface area contributed by atoms with Gasteiger partial charge in [0.1, 0.15) is 12.4 Å². The topological polar surface area (TPSA) is 53.1 Å². The third kappa shape index (κ3) is 3.16. The van der Waals surface area contributed by atoms with E-state index in [4.69, 9.17) is 22.1 Å². The first-order chi connectivity index (χ1) is 9.40. The number of rotatable bonds is 4. The summed E-state index contributed by atoms with van der Waals surface area (Å²) in [6, 6.07) is 5.56. The van der Waals surface area contributed by atoms with Gasteiger partial charge in [-0.05, 0) is 47.5 Å². The number of hydrogen-bond donors (Lipinski definition) is 1. The van der Waals surface area contributed by atoms with Crippen molar-refractivity contribution in [3.8, 4) is 5.75 Å². The molecule has 0 aliphatic carbocycles. The first-order valence-electron chi connectivity index (χ1n) is 6.26. The van der Waals surface area contributed by atoms with Gasteiger partial charge in [-0.1, -0.05) is 17.7 Å². The summed E-state index contributed by atoms with van der Waals surface area (Å²) in [6.45, 7) is 4.26. The van der Waals surface area contributed by atoms with Gasteiger partial charge >= 0.3 is 0 Å². The van der Waals surface area contributed by atoms with Gasteiger partial charge in [0.15, 0.2) is 0 Å². The molecular formula is C14H17BrClN3O. The molecule has 108 valence electrons. The third-order valence-electron chi connectivity index (χ3n) is 3.11. The number of aromatic nitrogens is 2. The van der Waals surface area contributed by atoms with Crippen LogP contribution in [0.4, 0.5) is 0 Å². The van der Waals surface area contributed by atoms with Crippen LogP contribution in [-0.2, 0) is 13.7 Å². The highest BCUT2D eigenvalue weighted by atomic mass is 79.9. The van der Waals surface area contributed by atoms with Crippen molar-refractivity contribution in [2.75, 3.05) is 0 Å². The van der Waals surface area contributed by atoms with Crippen LogP contribution in [-0.4, -0.2) is 9.78 Å². The lowest BCUT2D eigenvalue weighted by molar-refractivity contribution is 0.294. The van der Waals surface area contributed by atoms with E-state index in [-0.39, 0.29) is 6.04 Å². The summed E-state index contributed by atoms with van der Waals surface area (Å²) >= 11 is 9.72. The average Bonchev–Trinajstić information content (AvgIpc) is 2.62. The predicted molar refractivity (Wildman–Crippen MR) is 84.0 cm³/mol. The van der Waals surface area contributed by atoms with Gasteiger partial charge < -0.3 is 10.5 Å². The minimum absolute atomic E-state index is 0.0459. The quantitative estimate of drug-likeness (QED) is 0.905. The maximum absolute atomic E-state index is 6.21. The highest BCUT2D eigenvalue weighted by Crippen LogP contribution is 2.29. The van der Waals surface area contributed by atoms with Crippen molar-refractivity contribution in [1.29, 1.82) is 0 Å². The molecule has 1 aromatic heterocycles. The Kier molecular flexibility index (Phi) is 4.73. The standard InChI is InChI=1S/C14H17BrClN3O/c1-8(17)10-4-5-13(11(16)6-10)20-7-12-14(15)9(2)18-19(12)3/h4-6,8H,7,17H2,1-3H3/t8-/m0/s1. The van der Waals surface area contributed by atoms with Gasteiger partial charge in [0.25, 0.3) is 0 Å². The summed E-state index contributed by atoms with van der Waals surface area (Å²) in [4.78, 5) is 0. The third-order valence-corrected chi connectivity index (χ3v) is 4.43. The molecule has 4 nitrogen and oxygen atoms in total. The van der Waals surface area contributed by atoms with Gasteiger partial charge in [0, 0.05) is 13.1 Å². The SMILES string of the molecule is Cc1nn(C)c(COc2ccc([C@H](C)N)cc2Cl)c1Br. The Balaban J connectivity index is 2.15. The Morgan fingerprint density at radius 1 is 1.50 bits per heavy atom. The Hall–Kier alpha value is -1.04. The molecule has 2 N–H and O–H groups in total. The Labute approximate surface area is 132 Å². The predicted octanol–water partition coefficient (Wildman–Crippen LogP) is 3.74. The van der Waals surface area contributed by atoms with Gasteiger partial charge in [-0.25, -0.2) is 0 Å². The summed E-state index contributed by atoms with van der Waals surface area (Å²) in [5, 5.41) is 4.89. The molecular weight excluding hydrogens is 342 g/mol. The molecule has 1 atom stereocenters. The summed E-state index contributed by atoms with van der Waals surface area (Å²) in [6.07, 6.45) is 0. The molecule has 0 radical (unpaired) electrons. The van der Waals surface area contributed by atoms with E-state index in [2.05, 4.69) is 21.0 Å². The van der Waals surface area contributed by atoms with Gasteiger partial charge in [-0.15, -0.1) is 0 Å². The summed E-state index contributed by atoms with van der Waals surface area (Å²) in [5.41, 5.74) is 8.71. The molecule has 0 spiro atoms. The second-order valence-corrected chi connectivity index (χ2v) is 5.94. The van der Waals surface area contributed by atoms with E-state index in [1.165, 1.54) is 0 Å². The van der Waals surface area contributed by atoms with Crippen LogP contribution in [0, 0.1) is 6.92 Å². The maximum atomic E-state index is 6.21. The minimum Gasteiger partial charge on any atom is -0.486 e. The van der Waals surface area contributed by atoms with Gasteiger partial charge in [0.05, 0.1) is 20.9 Å². The maximum Gasteiger partial charge on any atom is 0.138 e. The van der Waals surface area contributed by atoms with Crippen LogP contribution in [0.2, 0.25) is 5.02 Å². The highest BCUT2D eigenvalue weighted by Gasteiger charge is 2.12. The fourth-order valence-corrected chi connectivity index (χ4v) is 2.59. The molecule has 6 heteroatoms. The number of hydrogen-bond acceptors (Lipinski definition) is 3. The van der Waals surface area contributed by atoms with E-state index in [1.54, 1.807) is 4.68 Å². The molecule has 0 amide bonds. The van der Waals surface area contributed by atoms with Crippen molar-refractivity contribution < 1.29 is 4.74 Å². The van der Waals surface area contributed by atoms with E-state index in [9.17, 15) is 0 Å². The van der Waals surface area contributed by atoms with Crippen LogP contribution in [0.15, 0.2) is 22.7 Å². The molecule has 1 aromatic carbocycles. The van der Waals surface area contributed by atoms with Crippen LogP contribution in [0.25, 0.3) is 0 Å². The first-order valence-corrected chi connectivity index (χ1v) is 7.43. The van der Waals surface area contributed by atoms with E-state index in [0.717, 1.165) is 21.4 Å². The second kappa shape index (κ2) is 6.16.